The highest BCUT2D eigenvalue weighted by Crippen LogP contribution is 2.34. The molecule has 26 heavy (non-hydrogen) atoms. The first-order valence-electron chi connectivity index (χ1n) is 7.59. The van der Waals surface area contributed by atoms with Crippen LogP contribution in [0.4, 0.5) is 24.7 Å². The monoisotopic (exact) mass is 387 g/mol. The van der Waals surface area contributed by atoms with Crippen molar-refractivity contribution in [3.05, 3.63) is 62.8 Å². The Hall–Kier alpha value is -2.39. The van der Waals surface area contributed by atoms with Crippen LogP contribution in [0.1, 0.15) is 17.2 Å². The summed E-state index contributed by atoms with van der Waals surface area (Å²) in [6.45, 7) is 0.848. The first-order chi connectivity index (χ1) is 12.3. The smallest absolute Gasteiger partial charge is 0.370 e. The van der Waals surface area contributed by atoms with Crippen LogP contribution in [0.2, 0.25) is 5.02 Å². The molecule has 1 unspecified atom stereocenters. The topological polar surface area (TPSA) is 68.5 Å². The second kappa shape index (κ2) is 7.08. The Labute approximate surface area is 151 Å². The molecule has 1 aliphatic rings. The average molecular weight is 388 g/mol. The number of nitrogens with zero attached hydrogens (tertiary/aromatic N) is 3. The molecule has 0 saturated carbocycles. The van der Waals surface area contributed by atoms with E-state index >= 15 is 0 Å². The van der Waals surface area contributed by atoms with Gasteiger partial charge in [0.2, 0.25) is 5.82 Å². The largest absolute Gasteiger partial charge is 0.416 e. The number of nitro groups is 1. The van der Waals surface area contributed by atoms with Crippen molar-refractivity contribution in [2.45, 2.75) is 12.3 Å². The Kier molecular flexibility index (Phi) is 5.01. The van der Waals surface area contributed by atoms with Crippen molar-refractivity contribution < 1.29 is 22.8 Å². The highest BCUT2D eigenvalue weighted by atomic mass is 35.5. The molecular weight excluding hydrogens is 375 g/mol. The lowest BCUT2D eigenvalue weighted by Gasteiger charge is -2.33. The summed E-state index contributed by atoms with van der Waals surface area (Å²) in [7, 11) is 0. The van der Waals surface area contributed by atoms with Crippen LogP contribution in [0.15, 0.2) is 36.5 Å². The Morgan fingerprint density at radius 2 is 2.00 bits per heavy atom. The minimum atomic E-state index is -4.41. The molecule has 0 amide bonds. The maximum atomic E-state index is 12.7. The van der Waals surface area contributed by atoms with Crippen LogP contribution in [0.5, 0.6) is 0 Å². The van der Waals surface area contributed by atoms with Crippen LogP contribution >= 0.6 is 11.6 Å². The number of alkyl halides is 3. The Morgan fingerprint density at radius 1 is 1.31 bits per heavy atom. The number of benzene rings is 1. The second-order valence-electron chi connectivity index (χ2n) is 5.68. The van der Waals surface area contributed by atoms with Gasteiger partial charge < -0.3 is 9.64 Å². The fourth-order valence-electron chi connectivity index (χ4n) is 2.73. The Bertz CT molecular complexity index is 815. The zero-order valence-corrected chi connectivity index (χ0v) is 14.0. The van der Waals surface area contributed by atoms with E-state index in [0.717, 1.165) is 12.1 Å². The number of anilines is 1. The van der Waals surface area contributed by atoms with Gasteiger partial charge in [0.1, 0.15) is 6.10 Å². The molecule has 1 aromatic heterocycles. The van der Waals surface area contributed by atoms with Crippen LogP contribution in [-0.2, 0) is 10.9 Å². The van der Waals surface area contributed by atoms with Gasteiger partial charge in [-0.15, -0.1) is 0 Å². The third-order valence-corrected chi connectivity index (χ3v) is 4.19. The number of hydrogen-bond acceptors (Lipinski definition) is 5. The average Bonchev–Trinajstić information content (AvgIpc) is 2.61. The Morgan fingerprint density at radius 3 is 2.62 bits per heavy atom. The lowest BCUT2D eigenvalue weighted by atomic mass is 10.0. The van der Waals surface area contributed by atoms with Crippen molar-refractivity contribution >= 4 is 23.1 Å². The third-order valence-electron chi connectivity index (χ3n) is 3.99. The molecule has 1 atom stereocenters. The molecule has 1 aromatic carbocycles. The number of halogens is 4. The van der Waals surface area contributed by atoms with E-state index in [4.69, 9.17) is 16.3 Å². The van der Waals surface area contributed by atoms with E-state index in [1.165, 1.54) is 24.4 Å². The van der Waals surface area contributed by atoms with Crippen LogP contribution in [0.3, 0.4) is 0 Å². The zero-order valence-electron chi connectivity index (χ0n) is 13.2. The van der Waals surface area contributed by atoms with Crippen molar-refractivity contribution in [3.8, 4) is 0 Å². The molecule has 10 heteroatoms. The van der Waals surface area contributed by atoms with Gasteiger partial charge in [-0.3, -0.25) is 10.1 Å². The molecule has 0 spiro atoms. The standard InChI is InChI=1S/C16H13ClF3N3O3/c17-12-7-13(23(24)25)15(21-8-12)22-5-6-26-14(9-22)10-1-3-11(4-2-10)16(18,19)20/h1-4,7-8,14H,5-6,9H2. The van der Waals surface area contributed by atoms with Crippen molar-refractivity contribution in [3.63, 3.8) is 0 Å². The maximum absolute atomic E-state index is 12.7. The molecule has 1 fully saturated rings. The minimum absolute atomic E-state index is 0.146. The number of morpholine rings is 1. The van der Waals surface area contributed by atoms with Crippen LogP contribution in [-0.4, -0.2) is 29.6 Å². The van der Waals surface area contributed by atoms with Gasteiger partial charge in [0, 0.05) is 18.8 Å². The molecule has 138 valence electrons. The molecule has 0 radical (unpaired) electrons. The third kappa shape index (κ3) is 3.88. The molecule has 0 aliphatic carbocycles. The van der Waals surface area contributed by atoms with E-state index < -0.39 is 22.8 Å². The fourth-order valence-corrected chi connectivity index (χ4v) is 2.88. The van der Waals surface area contributed by atoms with Gasteiger partial charge in [-0.25, -0.2) is 4.98 Å². The van der Waals surface area contributed by atoms with E-state index in [9.17, 15) is 23.3 Å². The molecule has 6 nitrogen and oxygen atoms in total. The summed E-state index contributed by atoms with van der Waals surface area (Å²) in [5, 5.41) is 11.4. The molecule has 1 saturated heterocycles. The molecule has 2 aromatic rings. The molecule has 2 heterocycles. The number of pyridine rings is 1. The van der Waals surface area contributed by atoms with Gasteiger partial charge in [-0.05, 0) is 17.7 Å². The summed E-state index contributed by atoms with van der Waals surface area (Å²) >= 11 is 5.77. The van der Waals surface area contributed by atoms with Gasteiger partial charge in [-0.1, -0.05) is 23.7 Å². The molecule has 0 bridgehead atoms. The maximum Gasteiger partial charge on any atom is 0.416 e. The van der Waals surface area contributed by atoms with Crippen molar-refractivity contribution in [2.75, 3.05) is 24.6 Å². The van der Waals surface area contributed by atoms with E-state index in [2.05, 4.69) is 4.98 Å². The van der Waals surface area contributed by atoms with Gasteiger partial charge >= 0.3 is 11.9 Å². The summed E-state index contributed by atoms with van der Waals surface area (Å²) in [6, 6.07) is 5.88. The SMILES string of the molecule is O=[N+]([O-])c1cc(Cl)cnc1N1CCOC(c2ccc(C(F)(F)F)cc2)C1. The summed E-state index contributed by atoms with van der Waals surface area (Å²) in [4.78, 5) is 16.4. The number of hydrogen-bond donors (Lipinski definition) is 0. The number of rotatable bonds is 3. The van der Waals surface area contributed by atoms with Crippen molar-refractivity contribution in [1.29, 1.82) is 0 Å². The number of aromatic nitrogens is 1. The van der Waals surface area contributed by atoms with E-state index in [0.29, 0.717) is 12.1 Å². The zero-order chi connectivity index (χ0) is 18.9. The molecular formula is C16H13ClF3N3O3. The molecule has 3 rings (SSSR count). The molecule has 0 N–H and O–H groups in total. The quantitative estimate of drug-likeness (QED) is 0.582. The van der Waals surface area contributed by atoms with Gasteiger partial charge in [0.25, 0.3) is 0 Å². The first-order valence-corrected chi connectivity index (χ1v) is 7.97. The van der Waals surface area contributed by atoms with Gasteiger partial charge in [0.15, 0.2) is 0 Å². The number of ether oxygens (including phenoxy) is 1. The van der Waals surface area contributed by atoms with Crippen LogP contribution < -0.4 is 4.90 Å². The lowest BCUT2D eigenvalue weighted by molar-refractivity contribution is -0.384. The Balaban J connectivity index is 1.83. The van der Waals surface area contributed by atoms with Crippen molar-refractivity contribution in [2.24, 2.45) is 0 Å². The summed E-state index contributed by atoms with van der Waals surface area (Å²) in [5.41, 5.74) is -0.422. The van der Waals surface area contributed by atoms with Crippen molar-refractivity contribution in [1.82, 2.24) is 4.98 Å². The summed E-state index contributed by atoms with van der Waals surface area (Å²) in [5.74, 6) is 0.152. The highest BCUT2D eigenvalue weighted by molar-refractivity contribution is 6.30. The fraction of sp³-hybridized carbons (Fsp3) is 0.312. The highest BCUT2D eigenvalue weighted by Gasteiger charge is 2.32. The van der Waals surface area contributed by atoms with Gasteiger partial charge in [0.05, 0.1) is 28.7 Å². The predicted octanol–water partition coefficient (Wildman–Crippen LogP) is 4.24. The lowest BCUT2D eigenvalue weighted by Crippen LogP contribution is -2.39. The second-order valence-corrected chi connectivity index (χ2v) is 6.12. The predicted molar refractivity (Wildman–Crippen MR) is 88.3 cm³/mol. The van der Waals surface area contributed by atoms with Crippen LogP contribution in [0.25, 0.3) is 0 Å². The first kappa shape index (κ1) is 18.4. The van der Waals surface area contributed by atoms with E-state index in [1.54, 1.807) is 4.90 Å². The van der Waals surface area contributed by atoms with Crippen LogP contribution in [0, 0.1) is 10.1 Å². The van der Waals surface area contributed by atoms with Gasteiger partial charge in [-0.2, -0.15) is 13.2 Å². The summed E-state index contributed by atoms with van der Waals surface area (Å²) in [6.07, 6.45) is -3.62. The van der Waals surface area contributed by atoms with E-state index in [-0.39, 0.29) is 29.7 Å². The normalized spacial score (nSPS) is 18.0. The van der Waals surface area contributed by atoms with E-state index in [1.807, 2.05) is 0 Å². The summed E-state index contributed by atoms with van der Waals surface area (Å²) < 4.78 is 43.6. The molecule has 1 aliphatic heterocycles. The minimum Gasteiger partial charge on any atom is -0.370 e.